The molecule has 0 aliphatic carbocycles. The molecule has 1 aliphatic rings. The molecule has 132 valence electrons. The Balaban J connectivity index is 1.42. The number of carbonyl (C=O) groups excluding carboxylic acids is 2. The lowest BCUT2D eigenvalue weighted by Crippen LogP contribution is -2.50. The highest BCUT2D eigenvalue weighted by Gasteiger charge is 2.22. The SMILES string of the molecule is Cc1occc1C(=O)NCC(=O)N1CCN(Cc2ccccc2)CC1. The number of piperazine rings is 1. The predicted molar refractivity (Wildman–Crippen MR) is 94.1 cm³/mol. The van der Waals surface area contributed by atoms with Gasteiger partial charge in [0.15, 0.2) is 0 Å². The van der Waals surface area contributed by atoms with Crippen molar-refractivity contribution in [3.8, 4) is 0 Å². The number of hydrogen-bond donors (Lipinski definition) is 1. The van der Waals surface area contributed by atoms with Crippen molar-refractivity contribution in [2.45, 2.75) is 13.5 Å². The summed E-state index contributed by atoms with van der Waals surface area (Å²) >= 11 is 0. The molecule has 3 rings (SSSR count). The molecule has 1 N–H and O–H groups in total. The van der Waals surface area contributed by atoms with E-state index in [0.717, 1.165) is 19.6 Å². The molecule has 1 aromatic heterocycles. The summed E-state index contributed by atoms with van der Waals surface area (Å²) in [6, 6.07) is 11.9. The molecule has 25 heavy (non-hydrogen) atoms. The molecule has 0 saturated carbocycles. The van der Waals surface area contributed by atoms with E-state index in [-0.39, 0.29) is 18.4 Å². The number of hydrogen-bond acceptors (Lipinski definition) is 4. The number of benzene rings is 1. The molecule has 0 atom stereocenters. The van der Waals surface area contributed by atoms with Crippen LogP contribution in [0.5, 0.6) is 0 Å². The fourth-order valence-electron chi connectivity index (χ4n) is 2.98. The van der Waals surface area contributed by atoms with Crippen LogP contribution in [0.15, 0.2) is 47.1 Å². The van der Waals surface area contributed by atoms with Crippen LogP contribution in [0.4, 0.5) is 0 Å². The van der Waals surface area contributed by atoms with Gasteiger partial charge < -0.3 is 14.6 Å². The molecule has 1 saturated heterocycles. The molecule has 0 spiro atoms. The minimum absolute atomic E-state index is 0.0160. The van der Waals surface area contributed by atoms with E-state index < -0.39 is 0 Å². The van der Waals surface area contributed by atoms with Gasteiger partial charge in [-0.15, -0.1) is 0 Å². The molecule has 2 heterocycles. The summed E-state index contributed by atoms with van der Waals surface area (Å²) in [4.78, 5) is 28.5. The van der Waals surface area contributed by atoms with Gasteiger partial charge in [-0.2, -0.15) is 0 Å². The van der Waals surface area contributed by atoms with E-state index in [1.54, 1.807) is 13.0 Å². The molecule has 1 aliphatic heterocycles. The van der Waals surface area contributed by atoms with Crippen molar-refractivity contribution in [2.75, 3.05) is 32.7 Å². The standard InChI is InChI=1S/C19H23N3O3/c1-15-17(7-12-25-15)19(24)20-13-18(23)22-10-8-21(9-11-22)14-16-5-3-2-4-6-16/h2-7,12H,8-11,13-14H2,1H3,(H,20,24). The van der Waals surface area contributed by atoms with Crippen LogP contribution in [-0.2, 0) is 11.3 Å². The van der Waals surface area contributed by atoms with E-state index in [1.807, 2.05) is 23.1 Å². The van der Waals surface area contributed by atoms with Gasteiger partial charge in [-0.25, -0.2) is 0 Å². The van der Waals surface area contributed by atoms with E-state index in [4.69, 9.17) is 4.42 Å². The lowest BCUT2D eigenvalue weighted by Gasteiger charge is -2.34. The number of nitrogens with one attached hydrogen (secondary N) is 1. The van der Waals surface area contributed by atoms with Crippen molar-refractivity contribution in [2.24, 2.45) is 0 Å². The van der Waals surface area contributed by atoms with Crippen LogP contribution in [0.1, 0.15) is 21.7 Å². The second-order valence-electron chi connectivity index (χ2n) is 6.22. The van der Waals surface area contributed by atoms with Crippen LogP contribution >= 0.6 is 0 Å². The maximum absolute atomic E-state index is 12.3. The smallest absolute Gasteiger partial charge is 0.255 e. The van der Waals surface area contributed by atoms with Crippen LogP contribution in [0.2, 0.25) is 0 Å². The van der Waals surface area contributed by atoms with E-state index >= 15 is 0 Å². The fraction of sp³-hybridized carbons (Fsp3) is 0.368. The van der Waals surface area contributed by atoms with Gasteiger partial charge in [0.05, 0.1) is 18.4 Å². The summed E-state index contributed by atoms with van der Waals surface area (Å²) in [5, 5.41) is 2.67. The minimum atomic E-state index is -0.276. The third-order valence-corrected chi connectivity index (χ3v) is 4.48. The van der Waals surface area contributed by atoms with Crippen LogP contribution in [0.25, 0.3) is 0 Å². The zero-order valence-corrected chi connectivity index (χ0v) is 14.4. The van der Waals surface area contributed by atoms with Crippen molar-refractivity contribution in [1.82, 2.24) is 15.1 Å². The second-order valence-corrected chi connectivity index (χ2v) is 6.22. The number of amides is 2. The quantitative estimate of drug-likeness (QED) is 0.898. The van der Waals surface area contributed by atoms with E-state index in [1.165, 1.54) is 11.8 Å². The van der Waals surface area contributed by atoms with Crippen LogP contribution in [0.3, 0.4) is 0 Å². The molecule has 2 aromatic rings. The van der Waals surface area contributed by atoms with Crippen LogP contribution in [0, 0.1) is 6.92 Å². The average molecular weight is 341 g/mol. The van der Waals surface area contributed by atoms with E-state index in [9.17, 15) is 9.59 Å². The van der Waals surface area contributed by atoms with Crippen LogP contribution in [-0.4, -0.2) is 54.3 Å². The first kappa shape index (κ1) is 17.2. The summed E-state index contributed by atoms with van der Waals surface area (Å²) < 4.78 is 5.11. The molecule has 0 radical (unpaired) electrons. The Morgan fingerprint density at radius 3 is 2.44 bits per heavy atom. The summed E-state index contributed by atoms with van der Waals surface area (Å²) in [7, 11) is 0. The number of furan rings is 1. The highest BCUT2D eigenvalue weighted by atomic mass is 16.3. The van der Waals surface area contributed by atoms with Gasteiger partial charge in [-0.1, -0.05) is 30.3 Å². The lowest BCUT2D eigenvalue weighted by atomic mass is 10.2. The van der Waals surface area contributed by atoms with Gasteiger partial charge in [0.2, 0.25) is 5.91 Å². The van der Waals surface area contributed by atoms with Gasteiger partial charge >= 0.3 is 0 Å². The molecular formula is C19H23N3O3. The van der Waals surface area contributed by atoms with Gasteiger partial charge in [0.1, 0.15) is 5.76 Å². The van der Waals surface area contributed by atoms with E-state index in [0.29, 0.717) is 24.4 Å². The third kappa shape index (κ3) is 4.48. The Bertz CT molecular complexity index is 719. The predicted octanol–water partition coefficient (Wildman–Crippen LogP) is 1.66. The molecule has 0 bridgehead atoms. The number of rotatable bonds is 5. The second kappa shape index (κ2) is 7.98. The Labute approximate surface area is 147 Å². The summed E-state index contributed by atoms with van der Waals surface area (Å²) in [6.07, 6.45) is 1.47. The van der Waals surface area contributed by atoms with Crippen molar-refractivity contribution in [1.29, 1.82) is 0 Å². The van der Waals surface area contributed by atoms with E-state index in [2.05, 4.69) is 22.3 Å². The summed E-state index contributed by atoms with van der Waals surface area (Å²) in [5.41, 5.74) is 1.76. The Kier molecular flexibility index (Phi) is 5.50. The maximum atomic E-state index is 12.3. The lowest BCUT2D eigenvalue weighted by molar-refractivity contribution is -0.131. The molecule has 2 amide bonds. The van der Waals surface area contributed by atoms with Crippen molar-refractivity contribution in [3.05, 3.63) is 59.5 Å². The fourth-order valence-corrected chi connectivity index (χ4v) is 2.98. The molecule has 1 fully saturated rings. The zero-order valence-electron chi connectivity index (χ0n) is 14.4. The highest BCUT2D eigenvalue weighted by molar-refractivity contribution is 5.97. The van der Waals surface area contributed by atoms with Gasteiger partial charge in [-0.3, -0.25) is 14.5 Å². The van der Waals surface area contributed by atoms with Gasteiger partial charge in [-0.05, 0) is 18.6 Å². The number of carbonyl (C=O) groups is 2. The Hall–Kier alpha value is -2.60. The largest absolute Gasteiger partial charge is 0.469 e. The molecule has 6 heteroatoms. The van der Waals surface area contributed by atoms with Crippen molar-refractivity contribution >= 4 is 11.8 Å². The average Bonchev–Trinajstić information content (AvgIpc) is 3.07. The first-order valence-electron chi connectivity index (χ1n) is 8.50. The Morgan fingerprint density at radius 1 is 1.08 bits per heavy atom. The molecular weight excluding hydrogens is 318 g/mol. The summed E-state index contributed by atoms with van der Waals surface area (Å²) in [5.74, 6) is 0.232. The molecule has 0 unspecified atom stereocenters. The van der Waals surface area contributed by atoms with Crippen molar-refractivity contribution in [3.63, 3.8) is 0 Å². The van der Waals surface area contributed by atoms with Crippen LogP contribution < -0.4 is 5.32 Å². The Morgan fingerprint density at radius 2 is 1.80 bits per heavy atom. The number of aryl methyl sites for hydroxylation is 1. The van der Waals surface area contributed by atoms with Gasteiger partial charge in [0.25, 0.3) is 5.91 Å². The van der Waals surface area contributed by atoms with Crippen molar-refractivity contribution < 1.29 is 14.0 Å². The minimum Gasteiger partial charge on any atom is -0.469 e. The zero-order chi connectivity index (χ0) is 17.6. The highest BCUT2D eigenvalue weighted by Crippen LogP contribution is 2.10. The molecule has 1 aromatic carbocycles. The summed E-state index contributed by atoms with van der Waals surface area (Å²) in [6.45, 7) is 5.70. The first-order chi connectivity index (χ1) is 12.1. The number of nitrogens with zero attached hydrogens (tertiary/aromatic N) is 2. The third-order valence-electron chi connectivity index (χ3n) is 4.48. The molecule has 6 nitrogen and oxygen atoms in total. The normalized spacial score (nSPS) is 15.2. The monoisotopic (exact) mass is 341 g/mol. The van der Waals surface area contributed by atoms with Gasteiger partial charge in [0, 0.05) is 32.7 Å². The first-order valence-corrected chi connectivity index (χ1v) is 8.50. The topological polar surface area (TPSA) is 65.8 Å². The maximum Gasteiger partial charge on any atom is 0.255 e.